The summed E-state index contributed by atoms with van der Waals surface area (Å²) in [7, 11) is 0. The van der Waals surface area contributed by atoms with E-state index in [2.05, 4.69) is 22.5 Å². The number of imidazole rings is 1. The number of aromatic amines is 1. The molecule has 3 N–H and O–H groups in total. The van der Waals surface area contributed by atoms with Crippen molar-refractivity contribution in [3.63, 3.8) is 0 Å². The molecule has 0 saturated carbocycles. The second kappa shape index (κ2) is 11.9. The van der Waals surface area contributed by atoms with Crippen molar-refractivity contribution in [3.8, 4) is 0 Å². The molecule has 4 aromatic rings. The van der Waals surface area contributed by atoms with Crippen LogP contribution in [0.1, 0.15) is 71.3 Å². The van der Waals surface area contributed by atoms with Crippen LogP contribution in [0.3, 0.4) is 0 Å². The lowest BCUT2D eigenvalue weighted by Crippen LogP contribution is -2.19. The van der Waals surface area contributed by atoms with Crippen LogP contribution in [-0.2, 0) is 11.6 Å². The zero-order chi connectivity index (χ0) is 28.5. The van der Waals surface area contributed by atoms with Gasteiger partial charge < -0.3 is 15.6 Å². The van der Waals surface area contributed by atoms with Crippen LogP contribution in [0.5, 0.6) is 0 Å². The van der Waals surface area contributed by atoms with E-state index in [1.807, 2.05) is 13.8 Å². The third-order valence-electron chi connectivity index (χ3n) is 6.60. The molecule has 40 heavy (non-hydrogen) atoms. The maximum absolute atomic E-state index is 13.5. The number of carbonyl (C=O) groups is 2. The first-order chi connectivity index (χ1) is 18.3. The molecule has 6 nitrogen and oxygen atoms in total. The van der Waals surface area contributed by atoms with Crippen molar-refractivity contribution in [3.05, 3.63) is 87.7 Å². The number of amides is 2. The van der Waals surface area contributed by atoms with E-state index in [0.29, 0.717) is 33.1 Å². The zero-order valence-corrected chi connectivity index (χ0v) is 23.9. The third kappa shape index (κ3) is 6.42. The lowest BCUT2D eigenvalue weighted by molar-refractivity contribution is -0.137. The molecule has 0 spiro atoms. The van der Waals surface area contributed by atoms with E-state index in [9.17, 15) is 22.8 Å². The molecule has 1 aromatic heterocycles. The zero-order valence-electron chi connectivity index (χ0n) is 22.3. The van der Waals surface area contributed by atoms with E-state index in [-0.39, 0.29) is 29.1 Å². The molecule has 0 aliphatic rings. The minimum Gasteiger partial charge on any atom is -0.341 e. The number of nitrogens with zero attached hydrogens (tertiary/aromatic N) is 1. The number of rotatable bonds is 7. The largest absolute Gasteiger partial charge is 0.417 e. The molecule has 0 aliphatic heterocycles. The number of hydrogen-bond acceptors (Lipinski definition) is 3. The maximum Gasteiger partial charge on any atom is 0.417 e. The highest BCUT2D eigenvalue weighted by Crippen LogP contribution is 2.34. The number of carbonyl (C=O) groups excluding carboxylic acids is 2. The lowest BCUT2D eigenvalue weighted by atomic mass is 9.87. The fourth-order valence-corrected chi connectivity index (χ4v) is 4.66. The SMILES string of the molecule is CCCC(C)(C)c1nc2c(C(=O)Nc3cccc(Cl)c3C)cc(NC(=O)c3ccccc3C(F)(F)F)cc2[nH]1.Cl. The van der Waals surface area contributed by atoms with Crippen molar-refractivity contribution in [1.29, 1.82) is 0 Å². The van der Waals surface area contributed by atoms with Crippen LogP contribution in [0, 0.1) is 6.92 Å². The fraction of sp³-hybridized carbons (Fsp3) is 0.276. The van der Waals surface area contributed by atoms with Gasteiger partial charge in [-0.3, -0.25) is 9.59 Å². The van der Waals surface area contributed by atoms with Gasteiger partial charge in [0.1, 0.15) is 11.3 Å². The number of aromatic nitrogens is 2. The first kappa shape index (κ1) is 31.0. The van der Waals surface area contributed by atoms with Gasteiger partial charge in [0.2, 0.25) is 0 Å². The Bertz CT molecular complexity index is 1560. The number of halogens is 5. The van der Waals surface area contributed by atoms with Gasteiger partial charge >= 0.3 is 6.18 Å². The Morgan fingerprint density at radius 2 is 1.65 bits per heavy atom. The first-order valence-corrected chi connectivity index (χ1v) is 12.8. The first-order valence-electron chi connectivity index (χ1n) is 12.4. The van der Waals surface area contributed by atoms with E-state index < -0.39 is 29.1 Å². The number of H-pyrrole nitrogens is 1. The summed E-state index contributed by atoms with van der Waals surface area (Å²) in [6, 6.07) is 12.6. The topological polar surface area (TPSA) is 86.9 Å². The Morgan fingerprint density at radius 1 is 0.975 bits per heavy atom. The number of benzene rings is 3. The van der Waals surface area contributed by atoms with Crippen molar-refractivity contribution < 1.29 is 22.8 Å². The molecule has 0 atom stereocenters. The van der Waals surface area contributed by atoms with Crippen molar-refractivity contribution in [2.75, 3.05) is 10.6 Å². The summed E-state index contributed by atoms with van der Waals surface area (Å²) in [5.74, 6) is -0.813. The van der Waals surface area contributed by atoms with Crippen LogP contribution in [-0.4, -0.2) is 21.8 Å². The second-order valence-electron chi connectivity index (χ2n) is 10.0. The predicted octanol–water partition coefficient (Wildman–Crippen LogP) is 8.55. The second-order valence-corrected chi connectivity index (χ2v) is 10.4. The number of hydrogen-bond donors (Lipinski definition) is 3. The number of fused-ring (bicyclic) bond motifs is 1. The molecule has 0 unspecified atom stereocenters. The van der Waals surface area contributed by atoms with Crippen LogP contribution in [0.25, 0.3) is 11.0 Å². The smallest absolute Gasteiger partial charge is 0.341 e. The van der Waals surface area contributed by atoms with Crippen LogP contribution < -0.4 is 10.6 Å². The van der Waals surface area contributed by atoms with E-state index >= 15 is 0 Å². The predicted molar refractivity (Wildman–Crippen MR) is 155 cm³/mol. The summed E-state index contributed by atoms with van der Waals surface area (Å²) in [6.45, 7) is 7.88. The van der Waals surface area contributed by atoms with Gasteiger partial charge in [-0.15, -0.1) is 12.4 Å². The van der Waals surface area contributed by atoms with Crippen LogP contribution in [0.15, 0.2) is 54.6 Å². The summed E-state index contributed by atoms with van der Waals surface area (Å²) < 4.78 is 40.5. The van der Waals surface area contributed by atoms with Crippen molar-refractivity contribution in [2.45, 2.75) is 52.1 Å². The Morgan fingerprint density at radius 3 is 2.33 bits per heavy atom. The maximum atomic E-state index is 13.5. The highest BCUT2D eigenvalue weighted by Gasteiger charge is 2.35. The van der Waals surface area contributed by atoms with Gasteiger partial charge in [-0.05, 0) is 55.3 Å². The fourth-order valence-electron chi connectivity index (χ4n) is 4.49. The van der Waals surface area contributed by atoms with E-state index in [0.717, 1.165) is 25.0 Å². The van der Waals surface area contributed by atoms with Gasteiger partial charge in [0, 0.05) is 21.8 Å². The Hall–Kier alpha value is -3.56. The molecule has 0 radical (unpaired) electrons. The third-order valence-corrected chi connectivity index (χ3v) is 7.01. The van der Waals surface area contributed by atoms with Gasteiger partial charge in [-0.25, -0.2) is 4.98 Å². The average molecular weight is 593 g/mol. The molecule has 11 heteroatoms. The molecule has 1 heterocycles. The van der Waals surface area contributed by atoms with Crippen molar-refractivity contribution in [2.24, 2.45) is 0 Å². The van der Waals surface area contributed by atoms with Crippen molar-refractivity contribution >= 4 is 58.2 Å². The highest BCUT2D eigenvalue weighted by molar-refractivity contribution is 6.31. The summed E-state index contributed by atoms with van der Waals surface area (Å²) in [4.78, 5) is 34.4. The molecular formula is C29H29Cl2F3N4O2. The minimum atomic E-state index is -4.71. The number of nitrogens with one attached hydrogen (secondary N) is 3. The minimum absolute atomic E-state index is 0. The molecule has 0 saturated heterocycles. The number of anilines is 2. The van der Waals surface area contributed by atoms with Crippen molar-refractivity contribution in [1.82, 2.24) is 9.97 Å². The Balaban J connectivity index is 0.00000441. The molecule has 4 rings (SSSR count). The summed E-state index contributed by atoms with van der Waals surface area (Å²) in [5.41, 5.74) is 0.370. The van der Waals surface area contributed by atoms with Crippen LogP contribution >= 0.6 is 24.0 Å². The quantitative estimate of drug-likeness (QED) is 0.201. The molecule has 0 fully saturated rings. The van der Waals surface area contributed by atoms with Gasteiger partial charge in [-0.2, -0.15) is 13.2 Å². The molecule has 0 aliphatic carbocycles. The average Bonchev–Trinajstić information content (AvgIpc) is 3.31. The number of alkyl halides is 3. The summed E-state index contributed by atoms with van der Waals surface area (Å²) in [5, 5.41) is 5.84. The van der Waals surface area contributed by atoms with Gasteiger partial charge in [0.15, 0.2) is 0 Å². The van der Waals surface area contributed by atoms with Gasteiger partial charge in [0.25, 0.3) is 11.8 Å². The standard InChI is InChI=1S/C29H28ClF3N4O2.ClH/c1-5-13-28(3,4)27-36-23-15-17(34-25(38)18-9-6-7-10-20(18)29(31,32)33)14-19(24(23)37-27)26(39)35-22-12-8-11-21(30)16(22)2;/h6-12,14-15H,5,13H2,1-4H3,(H,34,38)(H,35,39)(H,36,37);1H. The Labute approximate surface area is 241 Å². The lowest BCUT2D eigenvalue weighted by Gasteiger charge is -2.20. The molecule has 3 aromatic carbocycles. The van der Waals surface area contributed by atoms with Crippen LogP contribution in [0.4, 0.5) is 24.5 Å². The summed E-state index contributed by atoms with van der Waals surface area (Å²) >= 11 is 6.21. The van der Waals surface area contributed by atoms with Gasteiger partial charge in [-0.1, -0.05) is 57.0 Å². The highest BCUT2D eigenvalue weighted by atomic mass is 35.5. The van der Waals surface area contributed by atoms with Gasteiger partial charge in [0.05, 0.1) is 22.2 Å². The summed E-state index contributed by atoms with van der Waals surface area (Å²) in [6.07, 6.45) is -2.97. The monoisotopic (exact) mass is 592 g/mol. The normalized spacial score (nSPS) is 11.7. The Kier molecular flexibility index (Phi) is 9.21. The van der Waals surface area contributed by atoms with Crippen LogP contribution in [0.2, 0.25) is 5.02 Å². The molecule has 212 valence electrons. The van der Waals surface area contributed by atoms with E-state index in [1.165, 1.54) is 18.2 Å². The molecular weight excluding hydrogens is 564 g/mol. The van der Waals surface area contributed by atoms with E-state index in [4.69, 9.17) is 16.6 Å². The molecule has 0 bridgehead atoms. The molecule has 2 amide bonds. The van der Waals surface area contributed by atoms with E-state index in [1.54, 1.807) is 31.2 Å².